The number of carbonyl (C=O) groups excluding carboxylic acids is 1. The molecule has 0 spiro atoms. The number of rotatable bonds is 8. The van der Waals surface area contributed by atoms with Gasteiger partial charge in [0.1, 0.15) is 12.2 Å². The van der Waals surface area contributed by atoms with Crippen molar-refractivity contribution in [3.63, 3.8) is 0 Å². The molecule has 0 bridgehead atoms. The zero-order valence-electron chi connectivity index (χ0n) is 14.2. The van der Waals surface area contributed by atoms with Crippen LogP contribution in [0.3, 0.4) is 0 Å². The molecule has 2 aromatic heterocycles. The maximum absolute atomic E-state index is 13.1. The lowest BCUT2D eigenvalue weighted by Crippen LogP contribution is -2.30. The Morgan fingerprint density at radius 1 is 1.38 bits per heavy atom. The number of halogens is 4. The van der Waals surface area contributed by atoms with Gasteiger partial charge in [-0.25, -0.2) is 8.78 Å². The quantitative estimate of drug-likeness (QED) is 0.565. The van der Waals surface area contributed by atoms with Gasteiger partial charge in [0.05, 0.1) is 20.3 Å². The van der Waals surface area contributed by atoms with Crippen LogP contribution in [-0.2, 0) is 17.9 Å². The number of nitrogens with one attached hydrogen (secondary N) is 1. The molecular weight excluding hydrogens is 476 g/mol. The molecule has 0 aliphatic heterocycles. The molecule has 1 amide bonds. The van der Waals surface area contributed by atoms with Gasteiger partial charge in [-0.3, -0.25) is 14.2 Å². The van der Waals surface area contributed by atoms with Gasteiger partial charge in [-0.1, -0.05) is 0 Å². The molecule has 142 valence electrons. The highest BCUT2D eigenvalue weighted by Crippen LogP contribution is 2.45. The lowest BCUT2D eigenvalue weighted by Gasteiger charge is -2.08. The predicted octanol–water partition coefficient (Wildman–Crippen LogP) is 3.93. The summed E-state index contributed by atoms with van der Waals surface area (Å²) in [6.45, 7) is 3.03. The van der Waals surface area contributed by atoms with Gasteiger partial charge in [-0.2, -0.15) is 10.2 Å². The highest BCUT2D eigenvalue weighted by Gasteiger charge is 2.34. The lowest BCUT2D eigenvalue weighted by atomic mass is 10.2. The Morgan fingerprint density at radius 3 is 2.69 bits per heavy atom. The minimum absolute atomic E-state index is 0.0520. The van der Waals surface area contributed by atoms with E-state index in [0.29, 0.717) is 23.3 Å². The molecule has 10 heteroatoms. The molecular formula is C16H19Br2F2N5O. The summed E-state index contributed by atoms with van der Waals surface area (Å²) in [5.41, 5.74) is 1.33. The Labute approximate surface area is 166 Å². The molecule has 6 nitrogen and oxygen atoms in total. The summed E-state index contributed by atoms with van der Waals surface area (Å²) in [4.78, 5) is 12.2. The zero-order chi connectivity index (χ0) is 18.8. The van der Waals surface area contributed by atoms with Gasteiger partial charge in [0, 0.05) is 25.2 Å². The summed E-state index contributed by atoms with van der Waals surface area (Å²) in [6.07, 6.45) is 1.83. The third-order valence-corrected chi connectivity index (χ3v) is 5.78. The molecule has 3 rings (SSSR count). The standard InChI is InChI=1S/C16H19Br2F2N5O/c1-9-11(17)7-24(22-9)6-2-5-21-12(26)8-25-15(10-3-4-10)13(18)14(23-25)16(19)20/h7,10,16H,2-6,8H2,1H3,(H,21,26). The van der Waals surface area contributed by atoms with E-state index in [4.69, 9.17) is 0 Å². The number of hydrogen-bond acceptors (Lipinski definition) is 3. The molecule has 1 aliphatic rings. The van der Waals surface area contributed by atoms with Crippen LogP contribution in [0.25, 0.3) is 0 Å². The van der Waals surface area contributed by atoms with E-state index < -0.39 is 6.43 Å². The number of hydrogen-bond donors (Lipinski definition) is 1. The minimum atomic E-state index is -2.66. The van der Waals surface area contributed by atoms with E-state index in [2.05, 4.69) is 47.4 Å². The zero-order valence-corrected chi connectivity index (χ0v) is 17.4. The average Bonchev–Trinajstić information content (AvgIpc) is 3.28. The highest BCUT2D eigenvalue weighted by atomic mass is 79.9. The summed E-state index contributed by atoms with van der Waals surface area (Å²) < 4.78 is 30.6. The Morgan fingerprint density at radius 2 is 2.12 bits per heavy atom. The second-order valence-corrected chi connectivity index (χ2v) is 7.99. The number of nitrogens with zero attached hydrogens (tertiary/aromatic N) is 4. The maximum Gasteiger partial charge on any atom is 0.283 e. The van der Waals surface area contributed by atoms with Crippen LogP contribution in [0.15, 0.2) is 15.1 Å². The average molecular weight is 495 g/mol. The van der Waals surface area contributed by atoms with E-state index in [0.717, 1.165) is 29.4 Å². The molecule has 1 fully saturated rings. The number of alkyl halides is 2. The van der Waals surface area contributed by atoms with Crippen LogP contribution in [0, 0.1) is 6.92 Å². The predicted molar refractivity (Wildman–Crippen MR) is 99.1 cm³/mol. The van der Waals surface area contributed by atoms with Crippen molar-refractivity contribution in [2.75, 3.05) is 6.54 Å². The monoisotopic (exact) mass is 493 g/mol. The van der Waals surface area contributed by atoms with Gasteiger partial charge in [0.15, 0.2) is 0 Å². The molecule has 2 aromatic rings. The third-order valence-electron chi connectivity index (χ3n) is 4.19. The molecule has 0 radical (unpaired) electrons. The largest absolute Gasteiger partial charge is 0.354 e. The van der Waals surface area contributed by atoms with E-state index in [-0.39, 0.29) is 24.1 Å². The molecule has 1 aliphatic carbocycles. The van der Waals surface area contributed by atoms with Crippen LogP contribution < -0.4 is 5.32 Å². The highest BCUT2D eigenvalue weighted by molar-refractivity contribution is 9.10. The first kappa shape index (κ1) is 19.5. The summed E-state index contributed by atoms with van der Waals surface area (Å²) in [6, 6.07) is 0. The molecule has 0 aromatic carbocycles. The maximum atomic E-state index is 13.1. The Hall–Kier alpha value is -1.29. The minimum Gasteiger partial charge on any atom is -0.354 e. The first-order chi connectivity index (χ1) is 12.4. The third kappa shape index (κ3) is 4.51. The molecule has 1 N–H and O–H groups in total. The van der Waals surface area contributed by atoms with Crippen molar-refractivity contribution >= 4 is 37.8 Å². The second-order valence-electron chi connectivity index (χ2n) is 6.35. The van der Waals surface area contributed by atoms with Crippen molar-refractivity contribution in [1.82, 2.24) is 24.9 Å². The van der Waals surface area contributed by atoms with Gasteiger partial charge in [0.25, 0.3) is 6.43 Å². The van der Waals surface area contributed by atoms with E-state index in [9.17, 15) is 13.6 Å². The topological polar surface area (TPSA) is 64.7 Å². The van der Waals surface area contributed by atoms with Crippen LogP contribution >= 0.6 is 31.9 Å². The van der Waals surface area contributed by atoms with Crippen molar-refractivity contribution < 1.29 is 13.6 Å². The summed E-state index contributed by atoms with van der Waals surface area (Å²) in [5, 5.41) is 11.1. The summed E-state index contributed by atoms with van der Waals surface area (Å²) in [5.74, 6) is -0.0285. The van der Waals surface area contributed by atoms with E-state index >= 15 is 0 Å². The van der Waals surface area contributed by atoms with Gasteiger partial charge >= 0.3 is 0 Å². The smallest absolute Gasteiger partial charge is 0.283 e. The fourth-order valence-corrected chi connectivity index (χ4v) is 3.84. The van der Waals surface area contributed by atoms with Crippen LogP contribution in [0.5, 0.6) is 0 Å². The fourth-order valence-electron chi connectivity index (χ4n) is 2.75. The first-order valence-corrected chi connectivity index (χ1v) is 9.96. The normalized spacial score (nSPS) is 14.2. The van der Waals surface area contributed by atoms with Crippen molar-refractivity contribution in [2.45, 2.75) is 51.6 Å². The Bertz CT molecular complexity index is 781. The molecule has 2 heterocycles. The lowest BCUT2D eigenvalue weighted by molar-refractivity contribution is -0.121. The molecule has 0 unspecified atom stereocenters. The Balaban J connectivity index is 1.52. The van der Waals surface area contributed by atoms with Gasteiger partial charge in [-0.05, 0) is 58.0 Å². The summed E-state index contributed by atoms with van der Waals surface area (Å²) >= 11 is 6.63. The number of amides is 1. The van der Waals surface area contributed by atoms with Gasteiger partial charge in [0.2, 0.25) is 5.91 Å². The molecule has 1 saturated carbocycles. The van der Waals surface area contributed by atoms with Crippen LogP contribution in [0.1, 0.15) is 48.7 Å². The number of carbonyl (C=O) groups is 1. The SMILES string of the molecule is Cc1nn(CCCNC(=O)Cn2nc(C(F)F)c(Br)c2C2CC2)cc1Br. The van der Waals surface area contributed by atoms with Crippen molar-refractivity contribution in [1.29, 1.82) is 0 Å². The Kier molecular flexibility index (Phi) is 6.11. The van der Waals surface area contributed by atoms with Crippen LogP contribution in [-0.4, -0.2) is 32.0 Å². The van der Waals surface area contributed by atoms with Crippen molar-refractivity contribution in [2.24, 2.45) is 0 Å². The van der Waals surface area contributed by atoms with Gasteiger partial charge in [-0.15, -0.1) is 0 Å². The number of aryl methyl sites for hydroxylation is 2. The van der Waals surface area contributed by atoms with Crippen molar-refractivity contribution in [3.05, 3.63) is 32.2 Å². The van der Waals surface area contributed by atoms with Crippen LogP contribution in [0.2, 0.25) is 0 Å². The van der Waals surface area contributed by atoms with E-state index in [1.807, 2.05) is 17.8 Å². The van der Waals surface area contributed by atoms with E-state index in [1.165, 1.54) is 4.68 Å². The van der Waals surface area contributed by atoms with E-state index in [1.54, 1.807) is 0 Å². The fraction of sp³-hybridized carbons (Fsp3) is 0.562. The van der Waals surface area contributed by atoms with Crippen molar-refractivity contribution in [3.8, 4) is 0 Å². The molecule has 0 atom stereocenters. The van der Waals surface area contributed by atoms with Crippen LogP contribution in [0.4, 0.5) is 8.78 Å². The first-order valence-electron chi connectivity index (χ1n) is 8.37. The molecule has 26 heavy (non-hydrogen) atoms. The summed E-state index contributed by atoms with van der Waals surface area (Å²) in [7, 11) is 0. The number of aromatic nitrogens is 4. The van der Waals surface area contributed by atoms with Gasteiger partial charge < -0.3 is 5.32 Å². The molecule has 0 saturated heterocycles. The second kappa shape index (κ2) is 8.16.